The van der Waals surface area contributed by atoms with Crippen molar-refractivity contribution < 1.29 is 63.9 Å². The van der Waals surface area contributed by atoms with Crippen LogP contribution in [0.3, 0.4) is 0 Å². The standard InChI is InChI=1S/C36H45ClN2O13/c1-48-33-19-24(12-16-35(44)49-17-18-51-39(46)47)11-15-32(33)52-36(45)22-38-34(43)10-5-3-2-4-9-28-29(31(42)21-30(28)41)14-13-26(40)23-50-27-8-6-7-25(37)20-27/h2,4,6-8,11-16,19-20,26,28-31,40-42,46-47H,3,5,9-10,17-18,21-23H2,1H3,(H,38,43)/b4-2-,14-13+,16-12+/t26-,28-,29-,30+,31-/m1/s1. The maximum atomic E-state index is 12.4. The first kappa shape index (κ1) is 42.1. The Hall–Kier alpha value is -4.32. The van der Waals surface area contributed by atoms with Gasteiger partial charge in [-0.15, -0.1) is 0 Å². The van der Waals surface area contributed by atoms with Gasteiger partial charge in [0, 0.05) is 29.9 Å². The molecule has 52 heavy (non-hydrogen) atoms. The Kier molecular flexibility index (Phi) is 18.3. The maximum absolute atomic E-state index is 12.4. The van der Waals surface area contributed by atoms with Gasteiger partial charge in [-0.3, -0.25) is 15.2 Å². The van der Waals surface area contributed by atoms with E-state index in [0.29, 0.717) is 35.6 Å². The molecule has 0 heterocycles. The van der Waals surface area contributed by atoms with Crippen molar-refractivity contribution in [3.63, 3.8) is 0 Å². The molecule has 1 saturated carbocycles. The zero-order chi connectivity index (χ0) is 37.9. The summed E-state index contributed by atoms with van der Waals surface area (Å²) in [6.45, 7) is -0.845. The summed E-state index contributed by atoms with van der Waals surface area (Å²) >= 11 is 5.95. The second-order valence-corrected chi connectivity index (χ2v) is 12.1. The van der Waals surface area contributed by atoms with Crippen LogP contribution in [0, 0.1) is 11.8 Å². The summed E-state index contributed by atoms with van der Waals surface area (Å²) in [5.41, 5.74) is 0.532. The molecular weight excluding hydrogens is 704 g/mol. The molecule has 3 rings (SSSR count). The van der Waals surface area contributed by atoms with Crippen LogP contribution in [0.2, 0.25) is 5.02 Å². The fraction of sp³-hybridized carbons (Fsp3) is 0.417. The van der Waals surface area contributed by atoms with Crippen LogP contribution >= 0.6 is 11.6 Å². The normalized spacial score (nSPS) is 19.4. The van der Waals surface area contributed by atoms with Crippen molar-refractivity contribution in [2.75, 3.05) is 33.5 Å². The molecule has 0 radical (unpaired) electrons. The Labute approximate surface area is 306 Å². The number of rotatable bonds is 21. The van der Waals surface area contributed by atoms with E-state index in [4.69, 9.17) is 41.0 Å². The molecular formula is C36H45ClN2O13. The predicted molar refractivity (Wildman–Crippen MR) is 186 cm³/mol. The predicted octanol–water partition coefficient (Wildman–Crippen LogP) is 3.41. The van der Waals surface area contributed by atoms with Gasteiger partial charge in [0.2, 0.25) is 5.91 Å². The van der Waals surface area contributed by atoms with Gasteiger partial charge in [-0.05, 0) is 67.2 Å². The van der Waals surface area contributed by atoms with Crippen molar-refractivity contribution in [1.29, 1.82) is 0 Å². The third-order valence-electron chi connectivity index (χ3n) is 7.83. The Morgan fingerprint density at radius 1 is 1.06 bits per heavy atom. The number of hydrogen-bond donors (Lipinski definition) is 6. The van der Waals surface area contributed by atoms with Crippen LogP contribution in [0.15, 0.2) is 72.8 Å². The number of amides is 1. The molecule has 1 amide bonds. The van der Waals surface area contributed by atoms with E-state index in [1.165, 1.54) is 25.3 Å². The Balaban J connectivity index is 1.34. The summed E-state index contributed by atoms with van der Waals surface area (Å²) in [7, 11) is 1.37. The molecule has 284 valence electrons. The van der Waals surface area contributed by atoms with E-state index in [1.807, 2.05) is 12.2 Å². The minimum atomic E-state index is -0.917. The fourth-order valence-corrected chi connectivity index (χ4v) is 5.45. The Bertz CT molecular complexity index is 1530. The number of unbranched alkanes of at least 4 members (excludes halogenated alkanes) is 1. The molecule has 1 aliphatic rings. The van der Waals surface area contributed by atoms with Crippen LogP contribution in [-0.2, 0) is 24.0 Å². The molecule has 1 aliphatic carbocycles. The average molecular weight is 749 g/mol. The van der Waals surface area contributed by atoms with E-state index in [-0.39, 0.29) is 68.4 Å². The summed E-state index contributed by atoms with van der Waals surface area (Å²) in [5.74, 6) is -1.50. The van der Waals surface area contributed by atoms with Gasteiger partial charge in [0.1, 0.15) is 38.2 Å². The Morgan fingerprint density at radius 2 is 1.87 bits per heavy atom. The maximum Gasteiger partial charge on any atom is 0.330 e. The van der Waals surface area contributed by atoms with E-state index >= 15 is 0 Å². The lowest BCUT2D eigenvalue weighted by atomic mass is 9.89. The molecule has 2 aromatic carbocycles. The first-order valence-corrected chi connectivity index (χ1v) is 16.9. The SMILES string of the molecule is COc1cc(/C=C/C(=O)OCCON(O)O)ccc1OC(=O)CNC(=O)CCC/C=C\C[C@@H]1[C@@H](/C=C/[C@@H](O)COc2cccc(Cl)c2)[C@H](O)C[C@@H]1O. The van der Waals surface area contributed by atoms with E-state index in [2.05, 4.69) is 10.2 Å². The summed E-state index contributed by atoms with van der Waals surface area (Å²) in [5, 5.41) is 50.7. The van der Waals surface area contributed by atoms with Gasteiger partial charge in [0.15, 0.2) is 11.5 Å². The summed E-state index contributed by atoms with van der Waals surface area (Å²) in [4.78, 5) is 40.7. The number of carbonyl (C=O) groups is 3. The number of methoxy groups -OCH3 is 1. The lowest BCUT2D eigenvalue weighted by molar-refractivity contribution is -0.493. The minimum absolute atomic E-state index is 0.00441. The largest absolute Gasteiger partial charge is 0.493 e. The van der Waals surface area contributed by atoms with Crippen LogP contribution in [0.25, 0.3) is 6.08 Å². The lowest BCUT2D eigenvalue weighted by Gasteiger charge is -2.19. The Morgan fingerprint density at radius 3 is 2.62 bits per heavy atom. The number of aliphatic hydroxyl groups excluding tert-OH is 3. The first-order valence-electron chi connectivity index (χ1n) is 16.5. The lowest BCUT2D eigenvalue weighted by Crippen LogP contribution is -2.31. The van der Waals surface area contributed by atoms with Gasteiger partial charge in [0.25, 0.3) is 0 Å². The number of allylic oxidation sites excluding steroid dienone is 2. The number of aliphatic hydroxyl groups is 3. The average Bonchev–Trinajstić information content (AvgIpc) is 3.38. The highest BCUT2D eigenvalue weighted by atomic mass is 35.5. The minimum Gasteiger partial charge on any atom is -0.493 e. The van der Waals surface area contributed by atoms with E-state index in [1.54, 1.807) is 42.5 Å². The smallest absolute Gasteiger partial charge is 0.330 e. The summed E-state index contributed by atoms with van der Waals surface area (Å²) in [6, 6.07) is 11.4. The number of nitrogens with one attached hydrogen (secondary N) is 1. The number of ether oxygens (including phenoxy) is 4. The zero-order valence-corrected chi connectivity index (χ0v) is 29.3. The molecule has 6 N–H and O–H groups in total. The fourth-order valence-electron chi connectivity index (χ4n) is 5.27. The molecule has 0 unspecified atom stereocenters. The van der Waals surface area contributed by atoms with Gasteiger partial charge >= 0.3 is 11.9 Å². The highest BCUT2D eigenvalue weighted by molar-refractivity contribution is 6.30. The molecule has 0 aromatic heterocycles. The number of benzene rings is 2. The first-order chi connectivity index (χ1) is 24.9. The molecule has 0 spiro atoms. The van der Waals surface area contributed by atoms with Crippen molar-refractivity contribution in [1.82, 2.24) is 10.7 Å². The highest BCUT2D eigenvalue weighted by Gasteiger charge is 2.39. The monoisotopic (exact) mass is 748 g/mol. The van der Waals surface area contributed by atoms with Crippen molar-refractivity contribution in [3.8, 4) is 17.2 Å². The van der Waals surface area contributed by atoms with Gasteiger partial charge < -0.3 is 39.6 Å². The molecule has 1 fully saturated rings. The van der Waals surface area contributed by atoms with Gasteiger partial charge in [-0.2, -0.15) is 0 Å². The summed E-state index contributed by atoms with van der Waals surface area (Å²) < 4.78 is 21.0. The van der Waals surface area contributed by atoms with Crippen LogP contribution in [0.4, 0.5) is 0 Å². The number of nitrogens with zero attached hydrogens (tertiary/aromatic N) is 1. The third-order valence-corrected chi connectivity index (χ3v) is 8.06. The second kappa shape index (κ2) is 22.6. The van der Waals surface area contributed by atoms with Crippen molar-refractivity contribution in [3.05, 3.63) is 83.4 Å². The molecule has 15 nitrogen and oxygen atoms in total. The third kappa shape index (κ3) is 15.5. The highest BCUT2D eigenvalue weighted by Crippen LogP contribution is 2.36. The molecule has 16 heteroatoms. The number of esters is 2. The number of carbonyl (C=O) groups excluding carboxylic acids is 3. The quantitative estimate of drug-likeness (QED) is 0.0270. The van der Waals surface area contributed by atoms with Crippen molar-refractivity contribution in [2.45, 2.75) is 50.4 Å². The van der Waals surface area contributed by atoms with Crippen LogP contribution in [0.1, 0.15) is 37.7 Å². The summed E-state index contributed by atoms with van der Waals surface area (Å²) in [6.07, 6.45) is 9.30. The van der Waals surface area contributed by atoms with Crippen molar-refractivity contribution >= 4 is 35.5 Å². The molecule has 0 saturated heterocycles. The molecule has 0 bridgehead atoms. The molecule has 2 aromatic rings. The molecule has 0 aliphatic heterocycles. The van der Waals surface area contributed by atoms with Gasteiger partial charge in [-0.25, -0.2) is 14.4 Å². The number of hydrogen-bond acceptors (Lipinski definition) is 14. The van der Waals surface area contributed by atoms with E-state index < -0.39 is 35.6 Å². The topological polar surface area (TPSA) is 214 Å². The second-order valence-electron chi connectivity index (χ2n) is 11.7. The van der Waals surface area contributed by atoms with Crippen LogP contribution < -0.4 is 19.5 Å². The van der Waals surface area contributed by atoms with Crippen molar-refractivity contribution in [2.24, 2.45) is 11.8 Å². The van der Waals surface area contributed by atoms with Crippen LogP contribution in [0.5, 0.6) is 17.2 Å². The van der Waals surface area contributed by atoms with E-state index in [0.717, 1.165) is 6.08 Å². The van der Waals surface area contributed by atoms with Gasteiger partial charge in [0.05, 0.1) is 24.7 Å². The van der Waals surface area contributed by atoms with E-state index in [9.17, 15) is 29.7 Å². The number of halogens is 1. The molecule has 5 atom stereocenters. The van der Waals surface area contributed by atoms with Crippen LogP contribution in [-0.4, -0.2) is 101 Å². The van der Waals surface area contributed by atoms with Gasteiger partial charge in [-0.1, -0.05) is 48.0 Å². The zero-order valence-electron chi connectivity index (χ0n) is 28.6.